The fraction of sp³-hybridized carbons (Fsp3) is 1.00. The summed E-state index contributed by atoms with van der Waals surface area (Å²) in [7, 11) is 0. The van der Waals surface area contributed by atoms with E-state index in [1.807, 2.05) is 5.01 Å². The van der Waals surface area contributed by atoms with Crippen molar-refractivity contribution in [3.05, 3.63) is 0 Å². The molecule has 1 aliphatic rings. The molecule has 1 fully saturated rings. The van der Waals surface area contributed by atoms with Gasteiger partial charge in [-0.1, -0.05) is 0 Å². The lowest BCUT2D eigenvalue weighted by atomic mass is 10.4. The van der Waals surface area contributed by atoms with E-state index in [1.54, 1.807) is 0 Å². The van der Waals surface area contributed by atoms with Crippen LogP contribution in [0.5, 0.6) is 0 Å². The van der Waals surface area contributed by atoms with Gasteiger partial charge in [-0.25, -0.2) is 5.01 Å². The zero-order valence-electron chi connectivity index (χ0n) is 4.18. The summed E-state index contributed by atoms with van der Waals surface area (Å²) in [5.41, 5.74) is 0. The monoisotopic (exact) mass is 86.1 g/mol. The highest BCUT2D eigenvalue weighted by molar-refractivity contribution is 4.90. The quantitative estimate of drug-likeness (QED) is 0.331. The standard InChI is InChI=1S/C4H10N2/c1-3-4(2)6(3)5/h3-4H,5H2,1-2H3. The Morgan fingerprint density at radius 1 is 1.33 bits per heavy atom. The van der Waals surface area contributed by atoms with Gasteiger partial charge in [0, 0.05) is 12.1 Å². The van der Waals surface area contributed by atoms with Crippen molar-refractivity contribution in [3.63, 3.8) is 0 Å². The molecule has 2 heteroatoms. The van der Waals surface area contributed by atoms with Gasteiger partial charge >= 0.3 is 0 Å². The van der Waals surface area contributed by atoms with E-state index in [1.165, 1.54) is 0 Å². The zero-order valence-corrected chi connectivity index (χ0v) is 4.18. The van der Waals surface area contributed by atoms with E-state index in [-0.39, 0.29) is 0 Å². The lowest BCUT2D eigenvalue weighted by Crippen LogP contribution is -2.08. The van der Waals surface area contributed by atoms with Gasteiger partial charge in [0.2, 0.25) is 0 Å². The minimum Gasteiger partial charge on any atom is -0.268 e. The Morgan fingerprint density at radius 3 is 1.50 bits per heavy atom. The minimum atomic E-state index is 0.630. The SMILES string of the molecule is CC1C(C)N1N. The van der Waals surface area contributed by atoms with Crippen molar-refractivity contribution < 1.29 is 0 Å². The van der Waals surface area contributed by atoms with Crippen molar-refractivity contribution in [3.8, 4) is 0 Å². The third-order valence-electron chi connectivity index (χ3n) is 1.55. The predicted molar refractivity (Wildman–Crippen MR) is 25.0 cm³/mol. The number of nitrogens with two attached hydrogens (primary N) is 1. The van der Waals surface area contributed by atoms with Crippen LogP contribution in [0.2, 0.25) is 0 Å². The molecule has 0 amide bonds. The molecular formula is C4H10N2. The fourth-order valence-electron chi connectivity index (χ4n) is 0.532. The van der Waals surface area contributed by atoms with Gasteiger partial charge in [0.25, 0.3) is 0 Å². The predicted octanol–water partition coefficient (Wildman–Crippen LogP) is -0.0473. The largest absolute Gasteiger partial charge is 0.268 e. The first-order chi connectivity index (χ1) is 2.73. The van der Waals surface area contributed by atoms with Crippen molar-refractivity contribution in [2.75, 3.05) is 0 Å². The molecule has 0 spiro atoms. The first-order valence-corrected chi connectivity index (χ1v) is 2.26. The van der Waals surface area contributed by atoms with Gasteiger partial charge in [-0.15, -0.1) is 0 Å². The maximum Gasteiger partial charge on any atom is 0.0383 e. The highest BCUT2D eigenvalue weighted by Crippen LogP contribution is 2.19. The van der Waals surface area contributed by atoms with Crippen molar-refractivity contribution in [2.45, 2.75) is 25.9 Å². The fourth-order valence-corrected chi connectivity index (χ4v) is 0.532. The summed E-state index contributed by atoms with van der Waals surface area (Å²) < 4.78 is 0. The Morgan fingerprint density at radius 2 is 1.50 bits per heavy atom. The summed E-state index contributed by atoms with van der Waals surface area (Å²) in [6.45, 7) is 4.23. The van der Waals surface area contributed by atoms with Gasteiger partial charge < -0.3 is 0 Å². The van der Waals surface area contributed by atoms with E-state index >= 15 is 0 Å². The Bertz CT molecular complexity index is 42.3. The minimum absolute atomic E-state index is 0.630. The van der Waals surface area contributed by atoms with Crippen molar-refractivity contribution in [1.29, 1.82) is 0 Å². The number of hydrazine groups is 1. The molecule has 0 aromatic heterocycles. The van der Waals surface area contributed by atoms with Crippen LogP contribution in [0.15, 0.2) is 0 Å². The molecule has 0 saturated carbocycles. The summed E-state index contributed by atoms with van der Waals surface area (Å²) >= 11 is 0. The normalized spacial score (nSPS) is 55.5. The number of nitrogens with zero attached hydrogens (tertiary/aromatic N) is 1. The first kappa shape index (κ1) is 4.09. The molecule has 0 radical (unpaired) electrons. The van der Waals surface area contributed by atoms with Crippen LogP contribution in [-0.2, 0) is 0 Å². The summed E-state index contributed by atoms with van der Waals surface area (Å²) in [5, 5.41) is 1.83. The molecule has 0 aliphatic carbocycles. The highest BCUT2D eigenvalue weighted by Gasteiger charge is 2.36. The van der Waals surface area contributed by atoms with Crippen LogP contribution in [0.4, 0.5) is 0 Å². The molecule has 2 N–H and O–H groups in total. The van der Waals surface area contributed by atoms with Crippen LogP contribution < -0.4 is 5.84 Å². The molecule has 36 valence electrons. The van der Waals surface area contributed by atoms with Crippen LogP contribution in [0.3, 0.4) is 0 Å². The number of hydrogen-bond donors (Lipinski definition) is 1. The topological polar surface area (TPSA) is 29.0 Å². The summed E-state index contributed by atoms with van der Waals surface area (Å²) in [6.07, 6.45) is 0. The molecule has 2 unspecified atom stereocenters. The smallest absolute Gasteiger partial charge is 0.0383 e. The van der Waals surface area contributed by atoms with Crippen LogP contribution >= 0.6 is 0 Å². The Labute approximate surface area is 37.9 Å². The van der Waals surface area contributed by atoms with Gasteiger partial charge in [0.1, 0.15) is 0 Å². The number of rotatable bonds is 0. The van der Waals surface area contributed by atoms with Crippen LogP contribution in [0, 0.1) is 0 Å². The molecule has 1 saturated heterocycles. The van der Waals surface area contributed by atoms with Crippen LogP contribution in [0.25, 0.3) is 0 Å². The molecule has 2 atom stereocenters. The molecule has 0 bridgehead atoms. The summed E-state index contributed by atoms with van der Waals surface area (Å²) in [5.74, 6) is 5.34. The van der Waals surface area contributed by atoms with E-state index in [9.17, 15) is 0 Å². The highest BCUT2D eigenvalue weighted by atomic mass is 15.5. The van der Waals surface area contributed by atoms with Gasteiger partial charge in [0.15, 0.2) is 0 Å². The lowest BCUT2D eigenvalue weighted by molar-refractivity contribution is 0.524. The molecule has 0 aromatic carbocycles. The molecule has 0 aromatic rings. The average molecular weight is 86.1 g/mol. The first-order valence-electron chi connectivity index (χ1n) is 2.26. The average Bonchev–Trinajstić information content (AvgIpc) is 1.94. The van der Waals surface area contributed by atoms with Crippen molar-refractivity contribution in [2.24, 2.45) is 5.84 Å². The van der Waals surface area contributed by atoms with Gasteiger partial charge in [-0.3, -0.25) is 5.84 Å². The van der Waals surface area contributed by atoms with Crippen molar-refractivity contribution in [1.82, 2.24) is 5.01 Å². The molecule has 2 nitrogen and oxygen atoms in total. The van der Waals surface area contributed by atoms with E-state index in [0.717, 1.165) is 0 Å². The van der Waals surface area contributed by atoms with Crippen molar-refractivity contribution >= 4 is 0 Å². The third kappa shape index (κ3) is 0.340. The van der Waals surface area contributed by atoms with Crippen LogP contribution in [0.1, 0.15) is 13.8 Å². The molecule has 6 heavy (non-hydrogen) atoms. The van der Waals surface area contributed by atoms with E-state index in [2.05, 4.69) is 13.8 Å². The molecular weight excluding hydrogens is 76.1 g/mol. The van der Waals surface area contributed by atoms with E-state index in [0.29, 0.717) is 12.1 Å². The summed E-state index contributed by atoms with van der Waals surface area (Å²) in [6, 6.07) is 1.26. The maximum absolute atomic E-state index is 5.34. The molecule has 1 aliphatic heterocycles. The zero-order chi connectivity index (χ0) is 4.73. The van der Waals surface area contributed by atoms with Gasteiger partial charge in [-0.2, -0.15) is 0 Å². The third-order valence-corrected chi connectivity index (χ3v) is 1.55. The Hall–Kier alpha value is -0.0800. The Kier molecular flexibility index (Phi) is 0.648. The van der Waals surface area contributed by atoms with Crippen LogP contribution in [-0.4, -0.2) is 17.1 Å². The number of hydrogen-bond acceptors (Lipinski definition) is 2. The molecule has 1 heterocycles. The maximum atomic E-state index is 5.34. The van der Waals surface area contributed by atoms with Gasteiger partial charge in [-0.05, 0) is 13.8 Å². The van der Waals surface area contributed by atoms with E-state index < -0.39 is 0 Å². The lowest BCUT2D eigenvalue weighted by Gasteiger charge is -1.79. The summed E-state index contributed by atoms with van der Waals surface area (Å²) in [4.78, 5) is 0. The van der Waals surface area contributed by atoms with Gasteiger partial charge in [0.05, 0.1) is 0 Å². The Balaban J connectivity index is 2.31. The van der Waals surface area contributed by atoms with E-state index in [4.69, 9.17) is 5.84 Å². The second kappa shape index (κ2) is 0.950. The molecule has 1 rings (SSSR count). The second-order valence-electron chi connectivity index (χ2n) is 1.93. The second-order valence-corrected chi connectivity index (χ2v) is 1.93.